The number of halogens is 1. The molecule has 0 bridgehead atoms. The van der Waals surface area contributed by atoms with Crippen LogP contribution in [0.1, 0.15) is 23.0 Å². The number of benzene rings is 1. The van der Waals surface area contributed by atoms with E-state index < -0.39 is 5.97 Å². The van der Waals surface area contributed by atoms with E-state index in [-0.39, 0.29) is 12.5 Å². The van der Waals surface area contributed by atoms with Crippen LogP contribution in [0.15, 0.2) is 16.6 Å². The number of carbonyl (C=O) groups is 1. The molecule has 1 aromatic carbocycles. The van der Waals surface area contributed by atoms with Gasteiger partial charge in [-0.1, -0.05) is 6.92 Å². The number of hydrogen-bond acceptors (Lipinski definition) is 4. The van der Waals surface area contributed by atoms with E-state index in [2.05, 4.69) is 26.1 Å². The first kappa shape index (κ1) is 13.0. The Morgan fingerprint density at radius 1 is 1.45 bits per heavy atom. The van der Waals surface area contributed by atoms with Crippen molar-refractivity contribution < 1.29 is 19.4 Å². The van der Waals surface area contributed by atoms with Gasteiger partial charge >= 0.3 is 5.97 Å². The summed E-state index contributed by atoms with van der Waals surface area (Å²) < 4.78 is 11.7. The predicted octanol–water partition coefficient (Wildman–Crippen LogP) is 2.83. The second kappa shape index (κ2) is 4.82. The summed E-state index contributed by atoms with van der Waals surface area (Å²) in [6.45, 7) is 2.19. The van der Waals surface area contributed by atoms with Crippen LogP contribution in [-0.4, -0.2) is 28.1 Å². The molecule has 3 rings (SSSR count). The van der Waals surface area contributed by atoms with Gasteiger partial charge in [0, 0.05) is 11.1 Å². The number of aromatic carboxylic acids is 1. The lowest BCUT2D eigenvalue weighted by molar-refractivity contribution is 0.0690. The van der Waals surface area contributed by atoms with Gasteiger partial charge in [-0.15, -0.1) is 0 Å². The molecule has 2 N–H and O–H groups in total. The number of carboxylic acid groups (broad SMARTS) is 1. The van der Waals surface area contributed by atoms with Crippen LogP contribution in [0.4, 0.5) is 0 Å². The molecule has 104 valence electrons. The third kappa shape index (κ3) is 1.94. The molecule has 1 aliphatic rings. The van der Waals surface area contributed by atoms with Crippen LogP contribution in [0.5, 0.6) is 11.5 Å². The normalized spacial score (nSPS) is 12.7. The van der Waals surface area contributed by atoms with E-state index in [1.807, 2.05) is 13.0 Å². The molecular formula is C13H11BrN2O4. The number of aromatic nitrogens is 2. The fraction of sp³-hybridized carbons (Fsp3) is 0.231. The second-order valence-electron chi connectivity index (χ2n) is 4.27. The zero-order chi connectivity index (χ0) is 14.3. The topological polar surface area (TPSA) is 84.4 Å². The smallest absolute Gasteiger partial charge is 0.353 e. The summed E-state index contributed by atoms with van der Waals surface area (Å²) in [5.41, 5.74) is 2.39. The maximum absolute atomic E-state index is 10.9. The fourth-order valence-electron chi connectivity index (χ4n) is 2.23. The zero-order valence-corrected chi connectivity index (χ0v) is 12.2. The van der Waals surface area contributed by atoms with Gasteiger partial charge in [0.2, 0.25) is 6.79 Å². The molecule has 0 saturated heterocycles. The second-order valence-corrected chi connectivity index (χ2v) is 5.13. The molecule has 0 unspecified atom stereocenters. The van der Waals surface area contributed by atoms with Crippen LogP contribution < -0.4 is 9.47 Å². The molecule has 0 atom stereocenters. The average Bonchev–Trinajstić information content (AvgIpc) is 3.07. The van der Waals surface area contributed by atoms with E-state index in [9.17, 15) is 4.79 Å². The molecule has 2 aromatic rings. The van der Waals surface area contributed by atoms with Crippen molar-refractivity contribution in [1.82, 2.24) is 10.2 Å². The van der Waals surface area contributed by atoms with Crippen molar-refractivity contribution in [1.29, 1.82) is 0 Å². The molecule has 7 heteroatoms. The van der Waals surface area contributed by atoms with Gasteiger partial charge in [-0.3, -0.25) is 5.10 Å². The lowest BCUT2D eigenvalue weighted by atomic mass is 10.0. The Kier molecular flexibility index (Phi) is 3.13. The van der Waals surface area contributed by atoms with Gasteiger partial charge in [0.25, 0.3) is 0 Å². The Bertz CT molecular complexity index is 696. The minimum atomic E-state index is -1.04. The first-order valence-corrected chi connectivity index (χ1v) is 6.81. The van der Waals surface area contributed by atoms with Crippen LogP contribution in [-0.2, 0) is 6.42 Å². The maximum Gasteiger partial charge on any atom is 0.353 e. The lowest BCUT2D eigenvalue weighted by Crippen LogP contribution is -1.95. The number of fused-ring (bicyclic) bond motifs is 1. The summed E-state index contributed by atoms with van der Waals surface area (Å²) in [6.07, 6.45) is 0.726. The Morgan fingerprint density at radius 3 is 2.85 bits per heavy atom. The number of carboxylic acids is 1. The van der Waals surface area contributed by atoms with E-state index in [1.54, 1.807) is 0 Å². The molecule has 2 heterocycles. The van der Waals surface area contributed by atoms with Crippen molar-refractivity contribution in [2.45, 2.75) is 13.3 Å². The summed E-state index contributed by atoms with van der Waals surface area (Å²) in [5, 5.41) is 15.5. The fourth-order valence-corrected chi connectivity index (χ4v) is 2.75. The lowest BCUT2D eigenvalue weighted by Gasteiger charge is -2.10. The predicted molar refractivity (Wildman–Crippen MR) is 74.2 cm³/mol. The van der Waals surface area contributed by atoms with Gasteiger partial charge in [-0.05, 0) is 34.5 Å². The third-order valence-electron chi connectivity index (χ3n) is 3.14. The van der Waals surface area contributed by atoms with E-state index in [1.165, 1.54) is 6.07 Å². The Morgan fingerprint density at radius 2 is 2.20 bits per heavy atom. The number of nitrogens with zero attached hydrogens (tertiary/aromatic N) is 1. The Balaban J connectivity index is 2.17. The highest BCUT2D eigenvalue weighted by atomic mass is 79.9. The van der Waals surface area contributed by atoms with E-state index in [4.69, 9.17) is 14.6 Å². The molecule has 0 spiro atoms. The van der Waals surface area contributed by atoms with Crippen LogP contribution in [0.3, 0.4) is 0 Å². The molecule has 0 amide bonds. The molecular weight excluding hydrogens is 328 g/mol. The average molecular weight is 339 g/mol. The van der Waals surface area contributed by atoms with Crippen molar-refractivity contribution in [3.8, 4) is 22.8 Å². The van der Waals surface area contributed by atoms with Crippen molar-refractivity contribution in [2.75, 3.05) is 6.79 Å². The molecule has 0 saturated carbocycles. The quantitative estimate of drug-likeness (QED) is 0.898. The van der Waals surface area contributed by atoms with E-state index in [0.717, 1.165) is 22.0 Å². The summed E-state index contributed by atoms with van der Waals surface area (Å²) in [6, 6.07) is 3.37. The first-order valence-electron chi connectivity index (χ1n) is 6.01. The van der Waals surface area contributed by atoms with Gasteiger partial charge in [0.1, 0.15) is 5.69 Å². The Hall–Kier alpha value is -2.02. The van der Waals surface area contributed by atoms with Gasteiger partial charge in [-0.25, -0.2) is 4.79 Å². The van der Waals surface area contributed by atoms with Crippen molar-refractivity contribution in [2.24, 2.45) is 0 Å². The third-order valence-corrected chi connectivity index (χ3v) is 3.73. The van der Waals surface area contributed by atoms with Crippen molar-refractivity contribution >= 4 is 21.9 Å². The van der Waals surface area contributed by atoms with Gasteiger partial charge in [0.15, 0.2) is 11.5 Å². The monoisotopic (exact) mass is 338 g/mol. The molecule has 0 fully saturated rings. The zero-order valence-electron chi connectivity index (χ0n) is 10.6. The number of H-pyrrole nitrogens is 1. The minimum Gasteiger partial charge on any atom is -0.477 e. The van der Waals surface area contributed by atoms with Crippen LogP contribution in [0, 0.1) is 0 Å². The number of hydrogen-bond donors (Lipinski definition) is 2. The molecule has 1 aromatic heterocycles. The maximum atomic E-state index is 10.9. The summed E-state index contributed by atoms with van der Waals surface area (Å²) >= 11 is 3.44. The highest BCUT2D eigenvalue weighted by Gasteiger charge is 2.25. The highest BCUT2D eigenvalue weighted by Crippen LogP contribution is 2.46. The number of rotatable bonds is 3. The van der Waals surface area contributed by atoms with Gasteiger partial charge < -0.3 is 14.6 Å². The summed E-state index contributed by atoms with van der Waals surface area (Å²) in [4.78, 5) is 10.9. The number of aromatic amines is 1. The van der Waals surface area contributed by atoms with E-state index >= 15 is 0 Å². The van der Waals surface area contributed by atoms with Crippen LogP contribution in [0.25, 0.3) is 11.3 Å². The molecule has 20 heavy (non-hydrogen) atoms. The Labute approximate surface area is 122 Å². The SMILES string of the molecule is CCc1c(-c2cc(C(=O)O)[nH]n2)cc(Br)c2c1OCO2. The largest absolute Gasteiger partial charge is 0.477 e. The molecule has 6 nitrogen and oxygen atoms in total. The van der Waals surface area contributed by atoms with Crippen LogP contribution in [0.2, 0.25) is 0 Å². The first-order chi connectivity index (χ1) is 9.61. The summed E-state index contributed by atoms with van der Waals surface area (Å²) in [7, 11) is 0. The summed E-state index contributed by atoms with van der Waals surface area (Å²) in [5.74, 6) is 0.331. The van der Waals surface area contributed by atoms with Gasteiger partial charge in [-0.2, -0.15) is 5.10 Å². The van der Waals surface area contributed by atoms with Gasteiger partial charge in [0.05, 0.1) is 10.2 Å². The number of nitrogens with one attached hydrogen (secondary N) is 1. The van der Waals surface area contributed by atoms with Crippen molar-refractivity contribution in [3.05, 3.63) is 27.9 Å². The van der Waals surface area contributed by atoms with E-state index in [0.29, 0.717) is 17.2 Å². The van der Waals surface area contributed by atoms with Crippen molar-refractivity contribution in [3.63, 3.8) is 0 Å². The highest BCUT2D eigenvalue weighted by molar-refractivity contribution is 9.10. The standard InChI is InChI=1S/C13H11BrN2O4/c1-2-6-7(9-4-10(13(17)18)16-15-9)3-8(14)12-11(6)19-5-20-12/h3-4H,2,5H2,1H3,(H,15,16)(H,17,18). The molecule has 0 aliphatic carbocycles. The van der Waals surface area contributed by atoms with Crippen LogP contribution >= 0.6 is 15.9 Å². The number of ether oxygens (including phenoxy) is 2. The molecule has 1 aliphatic heterocycles. The molecule has 0 radical (unpaired) electrons. The minimum absolute atomic E-state index is 0.0517.